The first-order valence-electron chi connectivity index (χ1n) is 7.90. The van der Waals surface area contributed by atoms with Crippen molar-refractivity contribution in [3.8, 4) is 0 Å². The molecule has 5 N–H and O–H groups in total. The van der Waals surface area contributed by atoms with Crippen LogP contribution in [0, 0.1) is 11.3 Å². The lowest BCUT2D eigenvalue weighted by Crippen LogP contribution is -2.54. The molecular weight excluding hydrogens is 308 g/mol. The third-order valence-corrected chi connectivity index (χ3v) is 3.96. The minimum absolute atomic E-state index is 0.185. The largest absolute Gasteiger partial charge is 0.493 e. The summed E-state index contributed by atoms with van der Waals surface area (Å²) >= 11 is 0. The molecule has 24 heavy (non-hydrogen) atoms. The smallest absolute Gasteiger partial charge is 0.268 e. The van der Waals surface area contributed by atoms with Crippen LogP contribution in [-0.2, 0) is 14.3 Å². The predicted octanol–water partition coefficient (Wildman–Crippen LogP) is 0.740. The standard InChI is InChI=1S/C17H24N4O3/c1-17(2,16(19)23)21-15(22)14(20-3)12-8-11(6-7-13(12)18)24-9-10-4-5-10/h6-8,10,18,20H,4-5,9H2,1-3H3,(H2,19,23)(H,21,22)/b14-12-,18-13?. The molecule has 0 aromatic carbocycles. The van der Waals surface area contributed by atoms with Crippen molar-refractivity contribution in [3.05, 3.63) is 35.3 Å². The van der Waals surface area contributed by atoms with Gasteiger partial charge in [-0.15, -0.1) is 0 Å². The molecular formula is C17H24N4O3. The van der Waals surface area contributed by atoms with E-state index in [1.807, 2.05) is 0 Å². The Morgan fingerprint density at radius 2 is 2.04 bits per heavy atom. The highest BCUT2D eigenvalue weighted by atomic mass is 16.5. The Bertz CT molecular complexity index is 655. The van der Waals surface area contributed by atoms with E-state index in [0.717, 1.165) is 0 Å². The zero-order valence-corrected chi connectivity index (χ0v) is 14.2. The molecule has 2 aliphatic rings. The van der Waals surface area contributed by atoms with Crippen LogP contribution in [0.2, 0.25) is 0 Å². The molecule has 7 nitrogen and oxygen atoms in total. The van der Waals surface area contributed by atoms with E-state index in [0.29, 0.717) is 23.9 Å². The number of rotatable bonds is 7. The number of allylic oxidation sites excluding steroid dienone is 4. The van der Waals surface area contributed by atoms with E-state index in [1.165, 1.54) is 26.7 Å². The van der Waals surface area contributed by atoms with Gasteiger partial charge in [-0.25, -0.2) is 0 Å². The summed E-state index contributed by atoms with van der Waals surface area (Å²) in [4.78, 5) is 23.9. The first-order chi connectivity index (χ1) is 11.2. The van der Waals surface area contributed by atoms with Crippen molar-refractivity contribution in [2.45, 2.75) is 32.2 Å². The van der Waals surface area contributed by atoms with Gasteiger partial charge in [0.2, 0.25) is 5.91 Å². The molecule has 7 heteroatoms. The van der Waals surface area contributed by atoms with E-state index in [9.17, 15) is 9.59 Å². The van der Waals surface area contributed by atoms with Gasteiger partial charge in [0.05, 0.1) is 12.3 Å². The zero-order valence-electron chi connectivity index (χ0n) is 14.2. The predicted molar refractivity (Wildman–Crippen MR) is 91.1 cm³/mol. The molecule has 0 saturated heterocycles. The van der Waals surface area contributed by atoms with Crippen molar-refractivity contribution < 1.29 is 14.3 Å². The maximum atomic E-state index is 12.5. The fourth-order valence-corrected chi connectivity index (χ4v) is 2.10. The van der Waals surface area contributed by atoms with Gasteiger partial charge in [0.1, 0.15) is 17.0 Å². The van der Waals surface area contributed by atoms with Crippen molar-refractivity contribution in [2.24, 2.45) is 11.7 Å². The molecule has 1 saturated carbocycles. The number of hydrogen-bond donors (Lipinski definition) is 4. The molecule has 1 fully saturated rings. The number of likely N-dealkylation sites (N-methyl/N-ethyl adjacent to an activating group) is 1. The Labute approximate surface area is 141 Å². The summed E-state index contributed by atoms with van der Waals surface area (Å²) in [5, 5.41) is 13.4. The highest BCUT2D eigenvalue weighted by Crippen LogP contribution is 2.30. The lowest BCUT2D eigenvalue weighted by molar-refractivity contribution is -0.128. The van der Waals surface area contributed by atoms with Crippen molar-refractivity contribution in [3.63, 3.8) is 0 Å². The monoisotopic (exact) mass is 332 g/mol. The van der Waals surface area contributed by atoms with Crippen LogP contribution in [0.3, 0.4) is 0 Å². The molecule has 2 rings (SSSR count). The normalized spacial score (nSPS) is 19.5. The Kier molecular flexibility index (Phi) is 5.11. The van der Waals surface area contributed by atoms with Crippen LogP contribution in [0.15, 0.2) is 35.3 Å². The third-order valence-electron chi connectivity index (χ3n) is 3.96. The average Bonchev–Trinajstić information content (AvgIpc) is 3.32. The number of nitrogens with one attached hydrogen (secondary N) is 3. The summed E-state index contributed by atoms with van der Waals surface area (Å²) in [5.74, 6) is 0.0761. The fourth-order valence-electron chi connectivity index (χ4n) is 2.10. The molecule has 2 aliphatic carbocycles. The second-order valence-electron chi connectivity index (χ2n) is 6.53. The maximum absolute atomic E-state index is 12.5. The van der Waals surface area contributed by atoms with E-state index >= 15 is 0 Å². The minimum atomic E-state index is -1.19. The molecule has 130 valence electrons. The first-order valence-corrected chi connectivity index (χ1v) is 7.90. The molecule has 2 amide bonds. The van der Waals surface area contributed by atoms with E-state index < -0.39 is 17.4 Å². The van der Waals surface area contributed by atoms with Crippen molar-refractivity contribution in [1.82, 2.24) is 10.6 Å². The van der Waals surface area contributed by atoms with E-state index in [4.69, 9.17) is 15.9 Å². The number of ether oxygens (including phenoxy) is 1. The molecule has 0 aromatic rings. The van der Waals surface area contributed by atoms with Crippen LogP contribution < -0.4 is 16.4 Å². The summed E-state index contributed by atoms with van der Waals surface area (Å²) in [5.41, 5.74) is 4.87. The van der Waals surface area contributed by atoms with E-state index in [1.54, 1.807) is 25.3 Å². The van der Waals surface area contributed by atoms with Gasteiger partial charge in [-0.1, -0.05) is 0 Å². The Balaban J connectivity index is 2.22. The zero-order chi connectivity index (χ0) is 17.9. The van der Waals surface area contributed by atoms with Crippen LogP contribution >= 0.6 is 0 Å². The molecule has 0 spiro atoms. The lowest BCUT2D eigenvalue weighted by atomic mass is 10.00. The Hall–Kier alpha value is -2.57. The molecule has 0 heterocycles. The number of carbonyl (C=O) groups excluding carboxylic acids is 2. The number of primary amides is 1. The molecule has 0 bridgehead atoms. The van der Waals surface area contributed by atoms with Crippen LogP contribution in [0.25, 0.3) is 0 Å². The van der Waals surface area contributed by atoms with Gasteiger partial charge in [-0.3, -0.25) is 9.59 Å². The summed E-state index contributed by atoms with van der Waals surface area (Å²) in [7, 11) is 1.59. The highest BCUT2D eigenvalue weighted by molar-refractivity contribution is 6.15. The first kappa shape index (κ1) is 17.8. The molecule has 0 aromatic heterocycles. The van der Waals surface area contributed by atoms with Crippen molar-refractivity contribution in [2.75, 3.05) is 13.7 Å². The lowest BCUT2D eigenvalue weighted by Gasteiger charge is -2.24. The van der Waals surface area contributed by atoms with Crippen molar-refractivity contribution in [1.29, 1.82) is 5.41 Å². The van der Waals surface area contributed by atoms with Gasteiger partial charge in [-0.2, -0.15) is 0 Å². The van der Waals surface area contributed by atoms with Gasteiger partial charge in [0, 0.05) is 12.6 Å². The fraction of sp³-hybridized carbons (Fsp3) is 0.471. The number of amides is 2. The van der Waals surface area contributed by atoms with E-state index in [2.05, 4.69) is 10.6 Å². The second kappa shape index (κ2) is 6.90. The SMILES string of the molecule is CN/C(C(=O)NC(C)(C)C(N)=O)=C1/C=C(OCC2CC2)C=CC1=N. The average molecular weight is 332 g/mol. The molecule has 0 radical (unpaired) electrons. The van der Waals surface area contributed by atoms with Gasteiger partial charge in [0.25, 0.3) is 5.91 Å². The van der Waals surface area contributed by atoms with Gasteiger partial charge in [-0.05, 0) is 50.8 Å². The van der Waals surface area contributed by atoms with Crippen LogP contribution in [0.5, 0.6) is 0 Å². The van der Waals surface area contributed by atoms with Crippen molar-refractivity contribution >= 4 is 17.5 Å². The molecule has 0 atom stereocenters. The van der Waals surface area contributed by atoms with Gasteiger partial charge in [0.15, 0.2) is 0 Å². The van der Waals surface area contributed by atoms with Gasteiger partial charge < -0.3 is 26.5 Å². The Morgan fingerprint density at radius 1 is 1.38 bits per heavy atom. The maximum Gasteiger partial charge on any atom is 0.268 e. The van der Waals surface area contributed by atoms with E-state index in [-0.39, 0.29) is 11.4 Å². The number of nitrogens with two attached hydrogens (primary N) is 1. The topological polar surface area (TPSA) is 117 Å². The highest BCUT2D eigenvalue weighted by Gasteiger charge is 2.29. The number of hydrogen-bond acceptors (Lipinski definition) is 5. The van der Waals surface area contributed by atoms with Gasteiger partial charge >= 0.3 is 0 Å². The quantitative estimate of drug-likeness (QED) is 0.514. The van der Waals surface area contributed by atoms with Crippen LogP contribution in [0.4, 0.5) is 0 Å². The summed E-state index contributed by atoms with van der Waals surface area (Å²) in [6.07, 6.45) is 7.32. The summed E-state index contributed by atoms with van der Waals surface area (Å²) in [6, 6.07) is 0. The molecule has 0 unspecified atom stereocenters. The minimum Gasteiger partial charge on any atom is -0.493 e. The van der Waals surface area contributed by atoms with Crippen LogP contribution in [-0.4, -0.2) is 36.7 Å². The second-order valence-corrected chi connectivity index (χ2v) is 6.53. The van der Waals surface area contributed by atoms with Crippen LogP contribution in [0.1, 0.15) is 26.7 Å². The molecule has 0 aliphatic heterocycles. The summed E-state index contributed by atoms with van der Waals surface area (Å²) < 4.78 is 5.71. The third kappa shape index (κ3) is 4.24. The number of carbonyl (C=O) groups is 2. The Morgan fingerprint density at radius 3 is 2.58 bits per heavy atom. The summed E-state index contributed by atoms with van der Waals surface area (Å²) in [6.45, 7) is 3.70.